The molecule has 2 aromatic carbocycles. The van der Waals surface area contributed by atoms with Crippen LogP contribution in [-0.4, -0.2) is 39.2 Å². The third-order valence-corrected chi connectivity index (χ3v) is 4.98. The van der Waals surface area contributed by atoms with Crippen LogP contribution in [0.5, 0.6) is 5.75 Å². The molecule has 26 heavy (non-hydrogen) atoms. The van der Waals surface area contributed by atoms with Crippen molar-refractivity contribution in [2.45, 2.75) is 6.92 Å². The van der Waals surface area contributed by atoms with E-state index in [0.717, 1.165) is 11.1 Å². The number of aromatic carboxylic acids is 1. The highest BCUT2D eigenvalue weighted by Gasteiger charge is 2.30. The van der Waals surface area contributed by atoms with Gasteiger partial charge in [-0.1, -0.05) is 24.3 Å². The number of amidine groups is 1. The number of aromatic hydroxyl groups is 1. The first kappa shape index (κ1) is 17.8. The molecular formula is C19H16N2O4S. The maximum atomic E-state index is 12.5. The number of benzene rings is 2. The van der Waals surface area contributed by atoms with E-state index in [1.165, 1.54) is 34.9 Å². The Hall–Kier alpha value is -3.06. The van der Waals surface area contributed by atoms with Crippen LogP contribution in [-0.2, 0) is 4.79 Å². The fourth-order valence-corrected chi connectivity index (χ4v) is 3.40. The molecule has 1 aliphatic heterocycles. The lowest BCUT2D eigenvalue weighted by molar-refractivity contribution is -0.121. The molecule has 0 atom stereocenters. The van der Waals surface area contributed by atoms with E-state index in [1.807, 2.05) is 37.3 Å². The maximum absolute atomic E-state index is 12.5. The van der Waals surface area contributed by atoms with Crippen molar-refractivity contribution in [2.24, 2.45) is 4.99 Å². The van der Waals surface area contributed by atoms with Crippen LogP contribution in [0.3, 0.4) is 0 Å². The summed E-state index contributed by atoms with van der Waals surface area (Å²) in [5.74, 6) is -1.75. The summed E-state index contributed by atoms with van der Waals surface area (Å²) in [6, 6.07) is 11.8. The lowest BCUT2D eigenvalue weighted by atomic mass is 10.1. The van der Waals surface area contributed by atoms with Crippen molar-refractivity contribution < 1.29 is 19.8 Å². The number of carboxylic acid groups (broad SMARTS) is 1. The molecule has 0 aromatic heterocycles. The number of carboxylic acids is 1. The number of carbonyl (C=O) groups excluding carboxylic acids is 1. The van der Waals surface area contributed by atoms with Crippen LogP contribution >= 0.6 is 11.8 Å². The van der Waals surface area contributed by atoms with E-state index in [9.17, 15) is 14.7 Å². The number of aryl methyl sites for hydroxylation is 1. The van der Waals surface area contributed by atoms with Gasteiger partial charge >= 0.3 is 5.97 Å². The van der Waals surface area contributed by atoms with Crippen molar-refractivity contribution >= 4 is 40.6 Å². The van der Waals surface area contributed by atoms with Crippen LogP contribution in [0.25, 0.3) is 6.08 Å². The van der Waals surface area contributed by atoms with Gasteiger partial charge in [0.25, 0.3) is 5.91 Å². The molecule has 0 bridgehead atoms. The molecule has 1 heterocycles. The first-order valence-corrected chi connectivity index (χ1v) is 8.56. The van der Waals surface area contributed by atoms with E-state index in [-0.39, 0.29) is 17.2 Å². The molecule has 1 amide bonds. The molecule has 7 heteroatoms. The SMILES string of the molecule is Cc1ccccc1/C=C1\SC(=Nc2ccc(C(=O)O)c(O)c2)N(C)C1=O. The monoisotopic (exact) mass is 368 g/mol. The van der Waals surface area contributed by atoms with E-state index in [0.29, 0.717) is 15.8 Å². The minimum Gasteiger partial charge on any atom is -0.507 e. The average molecular weight is 368 g/mol. The molecule has 0 aliphatic carbocycles. The molecule has 1 saturated heterocycles. The number of phenols is 1. The largest absolute Gasteiger partial charge is 0.507 e. The lowest BCUT2D eigenvalue weighted by Gasteiger charge is -2.07. The molecule has 1 fully saturated rings. The van der Waals surface area contributed by atoms with E-state index in [4.69, 9.17) is 5.11 Å². The first-order chi connectivity index (χ1) is 12.4. The van der Waals surface area contributed by atoms with Crippen molar-refractivity contribution in [3.05, 3.63) is 64.1 Å². The molecule has 2 N–H and O–H groups in total. The van der Waals surface area contributed by atoms with Crippen molar-refractivity contribution in [1.29, 1.82) is 0 Å². The fraction of sp³-hybridized carbons (Fsp3) is 0.105. The second-order valence-electron chi connectivity index (χ2n) is 5.73. The number of nitrogens with zero attached hydrogens (tertiary/aromatic N) is 2. The van der Waals surface area contributed by atoms with Crippen LogP contribution in [0.4, 0.5) is 5.69 Å². The fourth-order valence-electron chi connectivity index (χ4n) is 2.42. The normalized spacial score (nSPS) is 17.3. The second-order valence-corrected chi connectivity index (χ2v) is 6.74. The lowest BCUT2D eigenvalue weighted by Crippen LogP contribution is -2.23. The van der Waals surface area contributed by atoms with Gasteiger partial charge in [-0.3, -0.25) is 9.69 Å². The number of likely N-dealkylation sites (N-methyl/N-ethyl adjacent to an activating group) is 1. The molecule has 1 aliphatic rings. The minimum absolute atomic E-state index is 0.164. The standard InChI is InChI=1S/C19H16N2O4S/c1-11-5-3-4-6-12(11)9-16-17(23)21(2)19(26-16)20-13-7-8-14(18(24)25)15(22)10-13/h3-10,22H,1-2H3,(H,24,25)/b16-9-,20-19?. The van der Waals surface area contributed by atoms with E-state index < -0.39 is 5.97 Å². The molecule has 0 unspecified atom stereocenters. The Labute approximate surface area is 154 Å². The Kier molecular flexibility index (Phi) is 4.81. The Morgan fingerprint density at radius 3 is 2.62 bits per heavy atom. The van der Waals surface area contributed by atoms with Gasteiger partial charge in [0.15, 0.2) is 5.17 Å². The Morgan fingerprint density at radius 1 is 1.23 bits per heavy atom. The van der Waals surface area contributed by atoms with Gasteiger partial charge in [0, 0.05) is 13.1 Å². The summed E-state index contributed by atoms with van der Waals surface area (Å²) in [5.41, 5.74) is 2.20. The van der Waals surface area contributed by atoms with Crippen molar-refractivity contribution in [3.8, 4) is 5.75 Å². The highest BCUT2D eigenvalue weighted by atomic mass is 32.2. The quantitative estimate of drug-likeness (QED) is 0.808. The molecule has 0 radical (unpaired) electrons. The van der Waals surface area contributed by atoms with Crippen molar-refractivity contribution in [3.63, 3.8) is 0 Å². The van der Waals surface area contributed by atoms with Gasteiger partial charge in [0.2, 0.25) is 0 Å². The van der Waals surface area contributed by atoms with E-state index in [1.54, 1.807) is 7.05 Å². The minimum atomic E-state index is -1.22. The van der Waals surface area contributed by atoms with Gasteiger partial charge in [-0.2, -0.15) is 0 Å². The molecule has 3 rings (SSSR count). The summed E-state index contributed by atoms with van der Waals surface area (Å²) in [6.45, 7) is 1.97. The van der Waals surface area contributed by atoms with E-state index >= 15 is 0 Å². The molecule has 2 aromatic rings. The number of carbonyl (C=O) groups is 2. The molecule has 132 valence electrons. The number of hydrogen-bond acceptors (Lipinski definition) is 5. The summed E-state index contributed by atoms with van der Waals surface area (Å²) in [5, 5.41) is 19.2. The zero-order chi connectivity index (χ0) is 18.8. The van der Waals surface area contributed by atoms with Gasteiger partial charge in [0.1, 0.15) is 11.3 Å². The highest BCUT2D eigenvalue weighted by Crippen LogP contribution is 2.34. The van der Waals surface area contributed by atoms with Gasteiger partial charge in [-0.25, -0.2) is 9.79 Å². The topological polar surface area (TPSA) is 90.2 Å². The Morgan fingerprint density at radius 2 is 1.96 bits per heavy atom. The average Bonchev–Trinajstić information content (AvgIpc) is 2.85. The summed E-state index contributed by atoms with van der Waals surface area (Å²) in [4.78, 5) is 29.7. The third-order valence-electron chi connectivity index (χ3n) is 3.92. The smallest absolute Gasteiger partial charge is 0.339 e. The summed E-state index contributed by atoms with van der Waals surface area (Å²) >= 11 is 1.23. The van der Waals surface area contributed by atoms with Crippen molar-refractivity contribution in [1.82, 2.24) is 4.90 Å². The molecule has 6 nitrogen and oxygen atoms in total. The van der Waals surface area contributed by atoms with Crippen LogP contribution in [0, 0.1) is 6.92 Å². The summed E-state index contributed by atoms with van der Waals surface area (Å²) < 4.78 is 0. The molecule has 0 spiro atoms. The second kappa shape index (κ2) is 7.05. The van der Waals surface area contributed by atoms with E-state index in [2.05, 4.69) is 4.99 Å². The molecular weight excluding hydrogens is 352 g/mol. The predicted molar refractivity (Wildman–Crippen MR) is 102 cm³/mol. The number of aliphatic imine (C=N–C) groups is 1. The van der Waals surface area contributed by atoms with Gasteiger partial charge in [-0.15, -0.1) is 0 Å². The van der Waals surface area contributed by atoms with Gasteiger partial charge < -0.3 is 10.2 Å². The Balaban J connectivity index is 1.92. The van der Waals surface area contributed by atoms with Gasteiger partial charge in [0.05, 0.1) is 10.6 Å². The number of rotatable bonds is 3. The third kappa shape index (κ3) is 3.48. The highest BCUT2D eigenvalue weighted by molar-refractivity contribution is 8.18. The Bertz CT molecular complexity index is 966. The van der Waals surface area contributed by atoms with Crippen LogP contribution in [0.2, 0.25) is 0 Å². The number of thioether (sulfide) groups is 1. The molecule has 0 saturated carbocycles. The zero-order valence-corrected chi connectivity index (χ0v) is 14.9. The number of hydrogen-bond donors (Lipinski definition) is 2. The predicted octanol–water partition coefficient (Wildman–Crippen LogP) is 3.63. The van der Waals surface area contributed by atoms with Gasteiger partial charge in [-0.05, 0) is 48.0 Å². The zero-order valence-electron chi connectivity index (χ0n) is 14.1. The van der Waals surface area contributed by atoms with Crippen LogP contribution in [0.1, 0.15) is 21.5 Å². The summed E-state index contributed by atoms with van der Waals surface area (Å²) in [7, 11) is 1.62. The number of amides is 1. The van der Waals surface area contributed by atoms with Crippen LogP contribution < -0.4 is 0 Å². The maximum Gasteiger partial charge on any atom is 0.339 e. The van der Waals surface area contributed by atoms with Crippen molar-refractivity contribution in [2.75, 3.05) is 7.05 Å². The summed E-state index contributed by atoms with van der Waals surface area (Å²) in [6.07, 6.45) is 1.83. The first-order valence-electron chi connectivity index (χ1n) is 7.75. The van der Waals surface area contributed by atoms with Crippen LogP contribution in [0.15, 0.2) is 52.4 Å².